The van der Waals surface area contributed by atoms with E-state index in [-0.39, 0.29) is 23.2 Å². The lowest BCUT2D eigenvalue weighted by Gasteiger charge is -2.04. The molecular formula is C15H17FN2O4S2. The van der Waals surface area contributed by atoms with Crippen LogP contribution in [0, 0.1) is 11.7 Å². The molecule has 0 bridgehead atoms. The van der Waals surface area contributed by atoms with Crippen molar-refractivity contribution in [2.24, 2.45) is 5.92 Å². The maximum atomic E-state index is 12.8. The van der Waals surface area contributed by atoms with Crippen LogP contribution in [0.3, 0.4) is 0 Å². The molecule has 130 valence electrons. The Bertz CT molecular complexity index is 777. The van der Waals surface area contributed by atoms with Gasteiger partial charge in [-0.1, -0.05) is 11.8 Å². The van der Waals surface area contributed by atoms with Crippen LogP contribution in [-0.4, -0.2) is 42.5 Å². The van der Waals surface area contributed by atoms with Gasteiger partial charge in [-0.05, 0) is 36.6 Å². The molecule has 0 saturated carbocycles. The number of halogens is 1. The van der Waals surface area contributed by atoms with Crippen molar-refractivity contribution in [2.45, 2.75) is 18.1 Å². The molecule has 0 aliphatic carbocycles. The third kappa shape index (κ3) is 4.94. The largest absolute Gasteiger partial charge is 0.493 e. The summed E-state index contributed by atoms with van der Waals surface area (Å²) in [5, 5.41) is 8.34. The van der Waals surface area contributed by atoms with Gasteiger partial charge in [-0.2, -0.15) is 0 Å². The Balaban J connectivity index is 1.40. The summed E-state index contributed by atoms with van der Waals surface area (Å²) in [5.41, 5.74) is 0. The molecule has 1 atom stereocenters. The molecule has 0 spiro atoms. The zero-order chi connectivity index (χ0) is 17.0. The summed E-state index contributed by atoms with van der Waals surface area (Å²) in [6, 6.07) is 5.83. The first-order valence-electron chi connectivity index (χ1n) is 7.54. The number of hydrogen-bond acceptors (Lipinski definition) is 7. The predicted octanol–water partition coefficient (Wildman–Crippen LogP) is 2.36. The van der Waals surface area contributed by atoms with Crippen molar-refractivity contribution in [3.63, 3.8) is 0 Å². The molecule has 2 aromatic rings. The van der Waals surface area contributed by atoms with Gasteiger partial charge in [0.2, 0.25) is 5.89 Å². The number of benzene rings is 1. The van der Waals surface area contributed by atoms with Gasteiger partial charge >= 0.3 is 0 Å². The van der Waals surface area contributed by atoms with Crippen LogP contribution >= 0.6 is 11.8 Å². The third-order valence-corrected chi connectivity index (χ3v) is 6.25. The Morgan fingerprint density at radius 3 is 2.79 bits per heavy atom. The van der Waals surface area contributed by atoms with Gasteiger partial charge < -0.3 is 9.15 Å². The van der Waals surface area contributed by atoms with E-state index in [1.165, 1.54) is 23.9 Å². The van der Waals surface area contributed by atoms with Gasteiger partial charge in [0.15, 0.2) is 9.84 Å². The molecule has 6 nitrogen and oxygen atoms in total. The number of thioether (sulfide) groups is 1. The van der Waals surface area contributed by atoms with Gasteiger partial charge in [-0.3, -0.25) is 0 Å². The van der Waals surface area contributed by atoms with E-state index < -0.39 is 9.84 Å². The van der Waals surface area contributed by atoms with Crippen LogP contribution in [0.25, 0.3) is 0 Å². The lowest BCUT2D eigenvalue weighted by molar-refractivity contribution is 0.342. The quantitative estimate of drug-likeness (QED) is 0.545. The molecular weight excluding hydrogens is 355 g/mol. The summed E-state index contributed by atoms with van der Waals surface area (Å²) in [7, 11) is -2.89. The highest BCUT2D eigenvalue weighted by Gasteiger charge is 2.29. The van der Waals surface area contributed by atoms with Gasteiger partial charge in [0.05, 0.1) is 18.1 Å². The van der Waals surface area contributed by atoms with Crippen LogP contribution in [0.2, 0.25) is 0 Å². The van der Waals surface area contributed by atoms with Crippen molar-refractivity contribution in [1.29, 1.82) is 0 Å². The first kappa shape index (κ1) is 17.2. The highest BCUT2D eigenvalue weighted by Crippen LogP contribution is 2.24. The molecule has 0 amide bonds. The van der Waals surface area contributed by atoms with E-state index in [4.69, 9.17) is 9.15 Å². The average molecular weight is 372 g/mol. The van der Waals surface area contributed by atoms with Crippen LogP contribution in [-0.2, 0) is 16.3 Å². The van der Waals surface area contributed by atoms with Gasteiger partial charge in [0.1, 0.15) is 11.6 Å². The fraction of sp³-hybridized carbons (Fsp3) is 0.467. The second-order valence-electron chi connectivity index (χ2n) is 5.59. The molecule has 9 heteroatoms. The van der Waals surface area contributed by atoms with E-state index in [1.54, 1.807) is 12.1 Å². The second-order valence-corrected chi connectivity index (χ2v) is 8.86. The Kier molecular flexibility index (Phi) is 5.40. The molecule has 1 aromatic carbocycles. The highest BCUT2D eigenvalue weighted by molar-refractivity contribution is 7.99. The molecule has 0 radical (unpaired) electrons. The van der Waals surface area contributed by atoms with Crippen LogP contribution in [0.4, 0.5) is 4.39 Å². The van der Waals surface area contributed by atoms with E-state index in [0.717, 1.165) is 0 Å². The Labute approximate surface area is 143 Å². The fourth-order valence-electron chi connectivity index (χ4n) is 2.48. The van der Waals surface area contributed by atoms with Crippen molar-refractivity contribution in [3.8, 4) is 5.75 Å². The second kappa shape index (κ2) is 7.52. The molecule has 1 saturated heterocycles. The van der Waals surface area contributed by atoms with Crippen molar-refractivity contribution >= 4 is 21.6 Å². The van der Waals surface area contributed by atoms with Gasteiger partial charge in [0.25, 0.3) is 5.22 Å². The summed E-state index contributed by atoms with van der Waals surface area (Å²) >= 11 is 1.36. The zero-order valence-electron chi connectivity index (χ0n) is 12.9. The van der Waals surface area contributed by atoms with Crippen LogP contribution < -0.4 is 4.74 Å². The molecule has 24 heavy (non-hydrogen) atoms. The molecule has 1 fully saturated rings. The molecule has 1 aromatic heterocycles. The molecule has 0 N–H and O–H groups in total. The molecule has 2 heterocycles. The maximum absolute atomic E-state index is 12.8. The number of rotatable bonds is 7. The monoisotopic (exact) mass is 372 g/mol. The molecule has 1 aliphatic rings. The Morgan fingerprint density at radius 2 is 2.08 bits per heavy atom. The van der Waals surface area contributed by atoms with Crippen LogP contribution in [0.5, 0.6) is 5.75 Å². The van der Waals surface area contributed by atoms with Crippen molar-refractivity contribution < 1.29 is 22.0 Å². The smallest absolute Gasteiger partial charge is 0.276 e. The normalized spacial score (nSPS) is 19.5. The summed E-state index contributed by atoms with van der Waals surface area (Å²) in [4.78, 5) is 0. The predicted molar refractivity (Wildman–Crippen MR) is 87.4 cm³/mol. The van der Waals surface area contributed by atoms with E-state index in [9.17, 15) is 12.8 Å². The minimum absolute atomic E-state index is 0.0649. The zero-order valence-corrected chi connectivity index (χ0v) is 14.5. The topological polar surface area (TPSA) is 82.3 Å². The van der Waals surface area contributed by atoms with Crippen LogP contribution in [0.15, 0.2) is 33.9 Å². The average Bonchev–Trinajstić information content (AvgIpc) is 3.12. The summed E-state index contributed by atoms with van der Waals surface area (Å²) in [6.07, 6.45) is 1.15. The number of ether oxygens (including phenoxy) is 1. The number of hydrogen-bond donors (Lipinski definition) is 0. The van der Waals surface area contributed by atoms with Crippen molar-refractivity contribution in [3.05, 3.63) is 36.0 Å². The lowest BCUT2D eigenvalue weighted by atomic mass is 10.1. The lowest BCUT2D eigenvalue weighted by Crippen LogP contribution is -2.07. The van der Waals surface area contributed by atoms with E-state index >= 15 is 0 Å². The minimum atomic E-state index is -2.89. The Hall–Kier alpha value is -1.61. The van der Waals surface area contributed by atoms with Crippen molar-refractivity contribution in [2.75, 3.05) is 23.9 Å². The standard InChI is InChI=1S/C15H17FN2O4S2/c16-12-1-3-13(4-2-12)21-6-7-23-15-18-17-14(22-15)9-11-5-8-24(19,20)10-11/h1-4,11H,5-10H2/t11-/m1/s1. The first-order chi connectivity index (χ1) is 11.5. The van der Waals surface area contributed by atoms with E-state index in [1.807, 2.05) is 0 Å². The van der Waals surface area contributed by atoms with Gasteiger partial charge in [-0.25, -0.2) is 12.8 Å². The molecule has 1 aliphatic heterocycles. The fourth-order valence-corrected chi connectivity index (χ4v) is 4.94. The summed E-state index contributed by atoms with van der Waals surface area (Å²) in [6.45, 7) is 0.425. The SMILES string of the molecule is O=S1(=O)CC[C@H](Cc2nnc(SCCOc3ccc(F)cc3)o2)C1. The van der Waals surface area contributed by atoms with Gasteiger partial charge in [0, 0.05) is 12.2 Å². The van der Waals surface area contributed by atoms with E-state index in [2.05, 4.69) is 10.2 Å². The number of nitrogens with zero attached hydrogens (tertiary/aromatic N) is 2. The Morgan fingerprint density at radius 1 is 1.29 bits per heavy atom. The molecule has 0 unspecified atom stereocenters. The van der Waals surface area contributed by atoms with E-state index in [0.29, 0.717) is 42.1 Å². The minimum Gasteiger partial charge on any atom is -0.493 e. The van der Waals surface area contributed by atoms with Gasteiger partial charge in [-0.15, -0.1) is 10.2 Å². The number of aromatic nitrogens is 2. The van der Waals surface area contributed by atoms with Crippen LogP contribution in [0.1, 0.15) is 12.3 Å². The summed E-state index contributed by atoms with van der Waals surface area (Å²) in [5.74, 6) is 1.89. The van der Waals surface area contributed by atoms with Crippen molar-refractivity contribution in [1.82, 2.24) is 10.2 Å². The molecule has 3 rings (SSSR count). The highest BCUT2D eigenvalue weighted by atomic mass is 32.2. The maximum Gasteiger partial charge on any atom is 0.276 e. The summed E-state index contributed by atoms with van der Waals surface area (Å²) < 4.78 is 46.6. The third-order valence-electron chi connectivity index (χ3n) is 3.63. The first-order valence-corrected chi connectivity index (χ1v) is 10.3. The number of sulfone groups is 1.